The maximum Gasteiger partial charge on any atom is 0.125 e. The van der Waals surface area contributed by atoms with Crippen molar-refractivity contribution in [3.63, 3.8) is 0 Å². The molecule has 112 valence electrons. The lowest BCUT2D eigenvalue weighted by Gasteiger charge is -2.32. The molecule has 1 saturated heterocycles. The van der Waals surface area contributed by atoms with Crippen molar-refractivity contribution in [3.8, 4) is 0 Å². The molecule has 1 aromatic carbocycles. The van der Waals surface area contributed by atoms with Crippen LogP contribution in [-0.2, 0) is 4.74 Å². The number of benzene rings is 1. The van der Waals surface area contributed by atoms with E-state index in [0.29, 0.717) is 12.1 Å². The predicted octanol–water partition coefficient (Wildman–Crippen LogP) is 3.92. The molecule has 3 unspecified atom stereocenters. The number of nitrogens with one attached hydrogen (secondary N) is 1. The standard InChI is InChI=1S/C18H23NO2/c1-2-16-13-15(10-12-20-16)19-18(17-9-6-11-21-17)14-7-4-3-5-8-14/h3-9,11,15-16,18-19H,2,10,12-13H2,1H3. The lowest BCUT2D eigenvalue weighted by Crippen LogP contribution is -2.40. The van der Waals surface area contributed by atoms with E-state index in [9.17, 15) is 0 Å². The van der Waals surface area contributed by atoms with E-state index in [-0.39, 0.29) is 6.04 Å². The Kier molecular flexibility index (Phi) is 4.73. The van der Waals surface area contributed by atoms with Crippen molar-refractivity contribution in [2.75, 3.05) is 6.61 Å². The Morgan fingerprint density at radius 1 is 1.19 bits per heavy atom. The Balaban J connectivity index is 1.77. The summed E-state index contributed by atoms with van der Waals surface area (Å²) in [6, 6.07) is 15.1. The minimum Gasteiger partial charge on any atom is -0.467 e. The topological polar surface area (TPSA) is 34.4 Å². The molecule has 0 spiro atoms. The third-order valence-electron chi connectivity index (χ3n) is 4.19. The second kappa shape index (κ2) is 6.92. The maximum absolute atomic E-state index is 5.77. The smallest absolute Gasteiger partial charge is 0.125 e. The zero-order valence-electron chi connectivity index (χ0n) is 12.5. The van der Waals surface area contributed by atoms with Crippen LogP contribution in [0.1, 0.15) is 43.6 Å². The van der Waals surface area contributed by atoms with E-state index in [1.807, 2.05) is 18.2 Å². The first-order valence-electron chi connectivity index (χ1n) is 7.83. The van der Waals surface area contributed by atoms with Gasteiger partial charge in [0.05, 0.1) is 18.4 Å². The number of ether oxygens (including phenoxy) is 1. The molecule has 1 aromatic heterocycles. The van der Waals surface area contributed by atoms with Gasteiger partial charge in [0.1, 0.15) is 5.76 Å². The molecule has 1 aliphatic rings. The molecular formula is C18H23NO2. The Morgan fingerprint density at radius 2 is 2.05 bits per heavy atom. The molecule has 0 radical (unpaired) electrons. The molecule has 3 atom stereocenters. The van der Waals surface area contributed by atoms with Crippen molar-refractivity contribution in [1.82, 2.24) is 5.32 Å². The zero-order valence-corrected chi connectivity index (χ0v) is 12.5. The molecule has 0 saturated carbocycles. The van der Waals surface area contributed by atoms with Crippen LogP contribution in [0.4, 0.5) is 0 Å². The van der Waals surface area contributed by atoms with Gasteiger partial charge >= 0.3 is 0 Å². The lowest BCUT2D eigenvalue weighted by molar-refractivity contribution is -0.00163. The SMILES string of the molecule is CCC1CC(NC(c2ccccc2)c2ccco2)CCO1. The van der Waals surface area contributed by atoms with Gasteiger partial charge in [-0.2, -0.15) is 0 Å². The van der Waals surface area contributed by atoms with E-state index >= 15 is 0 Å². The molecular weight excluding hydrogens is 262 g/mol. The third-order valence-corrected chi connectivity index (χ3v) is 4.19. The summed E-state index contributed by atoms with van der Waals surface area (Å²) in [6.07, 6.45) is 5.33. The van der Waals surface area contributed by atoms with E-state index in [1.54, 1.807) is 6.26 Å². The first kappa shape index (κ1) is 14.4. The number of hydrogen-bond acceptors (Lipinski definition) is 3. The van der Waals surface area contributed by atoms with Crippen molar-refractivity contribution >= 4 is 0 Å². The predicted molar refractivity (Wildman–Crippen MR) is 83.2 cm³/mol. The summed E-state index contributed by atoms with van der Waals surface area (Å²) in [4.78, 5) is 0. The van der Waals surface area contributed by atoms with Crippen molar-refractivity contribution in [2.45, 2.75) is 44.4 Å². The molecule has 0 amide bonds. The molecule has 21 heavy (non-hydrogen) atoms. The molecule has 1 aliphatic heterocycles. The summed E-state index contributed by atoms with van der Waals surface area (Å²) in [5.74, 6) is 0.973. The van der Waals surface area contributed by atoms with Crippen LogP contribution < -0.4 is 5.32 Å². The summed E-state index contributed by atoms with van der Waals surface area (Å²) < 4.78 is 11.4. The van der Waals surface area contributed by atoms with Crippen LogP contribution >= 0.6 is 0 Å². The third kappa shape index (κ3) is 3.55. The van der Waals surface area contributed by atoms with Crippen LogP contribution in [0.2, 0.25) is 0 Å². The first-order chi connectivity index (χ1) is 10.4. The Morgan fingerprint density at radius 3 is 2.76 bits per heavy atom. The monoisotopic (exact) mass is 285 g/mol. The van der Waals surface area contributed by atoms with Gasteiger partial charge in [-0.3, -0.25) is 0 Å². The molecule has 3 nitrogen and oxygen atoms in total. The minimum absolute atomic E-state index is 0.113. The van der Waals surface area contributed by atoms with E-state index in [4.69, 9.17) is 9.15 Å². The zero-order chi connectivity index (χ0) is 14.5. The lowest BCUT2D eigenvalue weighted by atomic mass is 9.97. The highest BCUT2D eigenvalue weighted by atomic mass is 16.5. The summed E-state index contributed by atoms with van der Waals surface area (Å²) in [5, 5.41) is 3.77. The van der Waals surface area contributed by atoms with E-state index in [1.165, 1.54) is 5.56 Å². The first-order valence-corrected chi connectivity index (χ1v) is 7.83. The van der Waals surface area contributed by atoms with Crippen molar-refractivity contribution < 1.29 is 9.15 Å². The van der Waals surface area contributed by atoms with Gasteiger partial charge in [0, 0.05) is 12.6 Å². The highest BCUT2D eigenvalue weighted by Crippen LogP contribution is 2.26. The van der Waals surface area contributed by atoms with E-state index < -0.39 is 0 Å². The van der Waals surface area contributed by atoms with Gasteiger partial charge in [-0.25, -0.2) is 0 Å². The molecule has 1 fully saturated rings. The molecule has 3 heteroatoms. The van der Waals surface area contributed by atoms with Crippen molar-refractivity contribution in [1.29, 1.82) is 0 Å². The molecule has 1 N–H and O–H groups in total. The van der Waals surface area contributed by atoms with Gasteiger partial charge in [-0.15, -0.1) is 0 Å². The summed E-state index contributed by atoms with van der Waals surface area (Å²) in [6.45, 7) is 3.03. The van der Waals surface area contributed by atoms with Crippen LogP contribution in [0.5, 0.6) is 0 Å². The van der Waals surface area contributed by atoms with Crippen LogP contribution in [-0.4, -0.2) is 18.8 Å². The van der Waals surface area contributed by atoms with Crippen LogP contribution in [0.15, 0.2) is 53.1 Å². The highest BCUT2D eigenvalue weighted by molar-refractivity contribution is 5.26. The van der Waals surface area contributed by atoms with Gasteiger partial charge in [0.15, 0.2) is 0 Å². The second-order valence-electron chi connectivity index (χ2n) is 5.65. The van der Waals surface area contributed by atoms with Crippen molar-refractivity contribution in [3.05, 3.63) is 60.1 Å². The fourth-order valence-electron chi connectivity index (χ4n) is 3.00. The van der Waals surface area contributed by atoms with Gasteiger partial charge < -0.3 is 14.5 Å². The average Bonchev–Trinajstić information content (AvgIpc) is 3.08. The fourth-order valence-corrected chi connectivity index (χ4v) is 3.00. The van der Waals surface area contributed by atoms with Gasteiger partial charge in [0.25, 0.3) is 0 Å². The average molecular weight is 285 g/mol. The largest absolute Gasteiger partial charge is 0.467 e. The highest BCUT2D eigenvalue weighted by Gasteiger charge is 2.26. The normalized spacial score (nSPS) is 23.9. The molecule has 2 aromatic rings. The Bertz CT molecular complexity index is 523. The molecule has 3 rings (SSSR count). The van der Waals surface area contributed by atoms with Crippen LogP contribution in [0.25, 0.3) is 0 Å². The van der Waals surface area contributed by atoms with E-state index in [0.717, 1.165) is 31.6 Å². The van der Waals surface area contributed by atoms with Gasteiger partial charge in [0.2, 0.25) is 0 Å². The Hall–Kier alpha value is -1.58. The molecule has 0 bridgehead atoms. The van der Waals surface area contributed by atoms with Gasteiger partial charge in [-0.1, -0.05) is 37.3 Å². The molecule has 2 heterocycles. The Labute approximate surface area is 126 Å². The molecule has 0 aliphatic carbocycles. The summed E-state index contributed by atoms with van der Waals surface area (Å²) in [7, 11) is 0. The quantitative estimate of drug-likeness (QED) is 0.904. The maximum atomic E-state index is 5.77. The number of furan rings is 1. The van der Waals surface area contributed by atoms with Crippen molar-refractivity contribution in [2.24, 2.45) is 0 Å². The van der Waals surface area contributed by atoms with Crippen LogP contribution in [0.3, 0.4) is 0 Å². The van der Waals surface area contributed by atoms with E-state index in [2.05, 4.69) is 36.5 Å². The second-order valence-corrected chi connectivity index (χ2v) is 5.65. The van der Waals surface area contributed by atoms with Gasteiger partial charge in [-0.05, 0) is 37.0 Å². The summed E-state index contributed by atoms with van der Waals surface area (Å²) >= 11 is 0. The summed E-state index contributed by atoms with van der Waals surface area (Å²) in [5.41, 5.74) is 1.24. The fraction of sp³-hybridized carbons (Fsp3) is 0.444. The van der Waals surface area contributed by atoms with Crippen LogP contribution in [0, 0.1) is 0 Å². The number of hydrogen-bond donors (Lipinski definition) is 1. The number of rotatable bonds is 5. The minimum atomic E-state index is 0.113.